The number of aliphatic hydroxyl groups excluding tert-OH is 1. The Morgan fingerprint density at radius 1 is 1.32 bits per heavy atom. The largest absolute Gasteiger partial charge is 0.492 e. The molecule has 0 radical (unpaired) electrons. The van der Waals surface area contributed by atoms with E-state index in [0.29, 0.717) is 18.6 Å². The van der Waals surface area contributed by atoms with Crippen molar-refractivity contribution in [1.29, 1.82) is 0 Å². The molecule has 3 atom stereocenters. The second kappa shape index (κ2) is 7.44. The van der Waals surface area contributed by atoms with E-state index in [2.05, 4.69) is 17.9 Å². The summed E-state index contributed by atoms with van der Waals surface area (Å²) < 4.78 is 11.6. The number of rotatable bonds is 5. The third-order valence-corrected chi connectivity index (χ3v) is 5.04. The van der Waals surface area contributed by atoms with Gasteiger partial charge >= 0.3 is 0 Å². The molecule has 1 saturated heterocycles. The van der Waals surface area contributed by atoms with Gasteiger partial charge in [0.25, 0.3) is 0 Å². The molecule has 4 nitrogen and oxygen atoms in total. The quantitative estimate of drug-likeness (QED) is 0.906. The van der Waals surface area contributed by atoms with Gasteiger partial charge in [-0.2, -0.15) is 0 Å². The molecule has 0 unspecified atom stereocenters. The van der Waals surface area contributed by atoms with Crippen LogP contribution < -0.4 is 4.74 Å². The maximum Gasteiger partial charge on any atom is 0.122 e. The third-order valence-electron chi connectivity index (χ3n) is 5.04. The zero-order valence-electron chi connectivity index (χ0n) is 13.4. The van der Waals surface area contributed by atoms with Gasteiger partial charge in [-0.05, 0) is 31.4 Å². The fourth-order valence-electron chi connectivity index (χ4n) is 3.74. The highest BCUT2D eigenvalue weighted by atomic mass is 16.5. The minimum Gasteiger partial charge on any atom is -0.492 e. The summed E-state index contributed by atoms with van der Waals surface area (Å²) in [6, 6.07) is 8.47. The minimum atomic E-state index is -0.161. The molecule has 1 aromatic carbocycles. The highest BCUT2D eigenvalue weighted by Crippen LogP contribution is 2.32. The summed E-state index contributed by atoms with van der Waals surface area (Å²) in [6.45, 7) is 6.11. The molecule has 3 rings (SSSR count). The van der Waals surface area contributed by atoms with E-state index in [0.717, 1.165) is 51.3 Å². The van der Waals surface area contributed by atoms with Crippen LogP contribution in [0.3, 0.4) is 0 Å². The van der Waals surface area contributed by atoms with Gasteiger partial charge in [-0.15, -0.1) is 0 Å². The zero-order chi connectivity index (χ0) is 15.4. The first kappa shape index (κ1) is 15.8. The maximum atomic E-state index is 10.2. The molecule has 1 aliphatic heterocycles. The van der Waals surface area contributed by atoms with E-state index >= 15 is 0 Å². The van der Waals surface area contributed by atoms with Crippen LogP contribution in [-0.2, 0) is 4.74 Å². The number of aliphatic hydroxyl groups is 1. The Hall–Kier alpha value is -1.10. The predicted octanol–water partition coefficient (Wildman–Crippen LogP) is 2.24. The summed E-state index contributed by atoms with van der Waals surface area (Å²) in [4.78, 5) is 2.45. The van der Waals surface area contributed by atoms with Gasteiger partial charge in [0.1, 0.15) is 12.4 Å². The number of nitrogens with zero attached hydrogens (tertiary/aromatic N) is 1. The number of aryl methyl sites for hydroxylation is 1. The Kier molecular flexibility index (Phi) is 5.34. The molecule has 2 aliphatic rings. The minimum absolute atomic E-state index is 0.161. The number of para-hydroxylation sites is 1. The van der Waals surface area contributed by atoms with Gasteiger partial charge in [0.05, 0.1) is 19.3 Å². The van der Waals surface area contributed by atoms with Crippen LogP contribution in [0.15, 0.2) is 24.3 Å². The van der Waals surface area contributed by atoms with Crippen LogP contribution >= 0.6 is 0 Å². The monoisotopic (exact) mass is 305 g/mol. The highest BCUT2D eigenvalue weighted by molar-refractivity contribution is 5.31. The molecule has 1 aromatic rings. The number of hydrogen-bond donors (Lipinski definition) is 1. The van der Waals surface area contributed by atoms with Crippen molar-refractivity contribution in [1.82, 2.24) is 4.90 Å². The van der Waals surface area contributed by atoms with E-state index in [1.807, 2.05) is 18.2 Å². The molecular formula is C18H27NO3. The lowest BCUT2D eigenvalue weighted by molar-refractivity contribution is -0.0532. The molecule has 1 aliphatic carbocycles. The number of benzene rings is 1. The first-order valence-electron chi connectivity index (χ1n) is 8.44. The average Bonchev–Trinajstić information content (AvgIpc) is 2.96. The van der Waals surface area contributed by atoms with Crippen molar-refractivity contribution < 1.29 is 14.6 Å². The van der Waals surface area contributed by atoms with Crippen LogP contribution in [0.1, 0.15) is 24.8 Å². The third kappa shape index (κ3) is 3.62. The van der Waals surface area contributed by atoms with Crippen molar-refractivity contribution in [3.05, 3.63) is 29.8 Å². The fraction of sp³-hybridized carbons (Fsp3) is 0.667. The van der Waals surface area contributed by atoms with Gasteiger partial charge < -0.3 is 14.6 Å². The van der Waals surface area contributed by atoms with E-state index in [1.165, 1.54) is 5.56 Å². The summed E-state index contributed by atoms with van der Waals surface area (Å²) >= 11 is 0. The van der Waals surface area contributed by atoms with Crippen molar-refractivity contribution in [2.45, 2.75) is 38.3 Å². The van der Waals surface area contributed by atoms with Crippen molar-refractivity contribution in [3.8, 4) is 5.75 Å². The lowest BCUT2D eigenvalue weighted by atomic mass is 9.94. The smallest absolute Gasteiger partial charge is 0.122 e. The Balaban J connectivity index is 1.54. The Labute approximate surface area is 133 Å². The van der Waals surface area contributed by atoms with Crippen LogP contribution in [0, 0.1) is 12.8 Å². The molecule has 0 aromatic heterocycles. The van der Waals surface area contributed by atoms with E-state index in [9.17, 15) is 5.11 Å². The number of morpholine rings is 1. The molecule has 4 heteroatoms. The first-order valence-corrected chi connectivity index (χ1v) is 8.44. The SMILES string of the molecule is Cc1ccccc1OCCN1CCOC[C@@H]1[C@H]1CCC[C@H]1O. The lowest BCUT2D eigenvalue weighted by Crippen LogP contribution is -2.52. The predicted molar refractivity (Wildman–Crippen MR) is 86.2 cm³/mol. The zero-order valence-corrected chi connectivity index (χ0v) is 13.4. The Morgan fingerprint density at radius 2 is 2.18 bits per heavy atom. The van der Waals surface area contributed by atoms with Gasteiger partial charge in [-0.25, -0.2) is 0 Å². The van der Waals surface area contributed by atoms with E-state index in [1.54, 1.807) is 0 Å². The van der Waals surface area contributed by atoms with Crippen LogP contribution in [0.2, 0.25) is 0 Å². The molecule has 22 heavy (non-hydrogen) atoms. The molecule has 0 spiro atoms. The van der Waals surface area contributed by atoms with Crippen LogP contribution in [-0.4, -0.2) is 55.1 Å². The van der Waals surface area contributed by atoms with Crippen molar-refractivity contribution in [2.24, 2.45) is 5.92 Å². The maximum absolute atomic E-state index is 10.2. The van der Waals surface area contributed by atoms with E-state index < -0.39 is 0 Å². The second-order valence-corrected chi connectivity index (χ2v) is 6.45. The average molecular weight is 305 g/mol. The van der Waals surface area contributed by atoms with Crippen molar-refractivity contribution in [3.63, 3.8) is 0 Å². The lowest BCUT2D eigenvalue weighted by Gasteiger charge is -2.40. The van der Waals surface area contributed by atoms with Crippen molar-refractivity contribution >= 4 is 0 Å². The molecule has 122 valence electrons. The van der Waals surface area contributed by atoms with Crippen molar-refractivity contribution in [2.75, 3.05) is 32.9 Å². The van der Waals surface area contributed by atoms with Gasteiger partial charge in [0, 0.05) is 25.0 Å². The summed E-state index contributed by atoms with van der Waals surface area (Å²) in [5.41, 5.74) is 1.17. The normalized spacial score (nSPS) is 29.6. The first-order chi connectivity index (χ1) is 10.8. The summed E-state index contributed by atoms with van der Waals surface area (Å²) in [5.74, 6) is 1.33. The van der Waals surface area contributed by atoms with E-state index in [4.69, 9.17) is 9.47 Å². The molecule has 1 saturated carbocycles. The second-order valence-electron chi connectivity index (χ2n) is 6.45. The summed E-state index contributed by atoms with van der Waals surface area (Å²) in [5, 5.41) is 10.2. The topological polar surface area (TPSA) is 41.9 Å². The van der Waals surface area contributed by atoms with Crippen LogP contribution in [0.25, 0.3) is 0 Å². The summed E-state index contributed by atoms with van der Waals surface area (Å²) in [6.07, 6.45) is 3.03. The van der Waals surface area contributed by atoms with Gasteiger partial charge in [-0.3, -0.25) is 4.90 Å². The molecular weight excluding hydrogens is 278 g/mol. The Bertz CT molecular complexity index is 479. The number of ether oxygens (including phenoxy) is 2. The molecule has 1 heterocycles. The Morgan fingerprint density at radius 3 is 2.95 bits per heavy atom. The van der Waals surface area contributed by atoms with Gasteiger partial charge in [0.15, 0.2) is 0 Å². The summed E-state index contributed by atoms with van der Waals surface area (Å²) in [7, 11) is 0. The molecule has 2 fully saturated rings. The number of hydrogen-bond acceptors (Lipinski definition) is 4. The van der Waals surface area contributed by atoms with Crippen LogP contribution in [0.5, 0.6) is 5.75 Å². The van der Waals surface area contributed by atoms with Crippen LogP contribution in [0.4, 0.5) is 0 Å². The molecule has 0 amide bonds. The molecule has 0 bridgehead atoms. The van der Waals surface area contributed by atoms with E-state index in [-0.39, 0.29) is 6.10 Å². The molecule has 1 N–H and O–H groups in total. The highest BCUT2D eigenvalue weighted by Gasteiger charge is 2.37. The van der Waals surface area contributed by atoms with Gasteiger partial charge in [0.2, 0.25) is 0 Å². The van der Waals surface area contributed by atoms with Gasteiger partial charge in [-0.1, -0.05) is 24.6 Å². The standard InChI is InChI=1S/C18H27NO3/c1-14-5-2-3-8-18(14)22-12-10-19-9-11-21-13-16(19)15-6-4-7-17(15)20/h2-3,5,8,15-17,20H,4,6-7,9-13H2,1H3/t15-,16-,17-/m1/s1. The fourth-order valence-corrected chi connectivity index (χ4v) is 3.74.